The molecule has 1 unspecified atom stereocenters. The third kappa shape index (κ3) is 1.84. The number of pyridine rings is 1. The van der Waals surface area contributed by atoms with E-state index < -0.39 is 0 Å². The highest BCUT2D eigenvalue weighted by molar-refractivity contribution is 5.84. The maximum Gasteiger partial charge on any atom is 0.0643 e. The lowest BCUT2D eigenvalue weighted by Crippen LogP contribution is -2.22. The first-order valence-electron chi connectivity index (χ1n) is 6.73. The van der Waals surface area contributed by atoms with E-state index in [2.05, 4.69) is 66.4 Å². The van der Waals surface area contributed by atoms with Gasteiger partial charge in [0, 0.05) is 23.2 Å². The molecule has 2 heterocycles. The van der Waals surface area contributed by atoms with Crippen LogP contribution in [0.5, 0.6) is 0 Å². The van der Waals surface area contributed by atoms with Crippen molar-refractivity contribution in [2.24, 2.45) is 0 Å². The molecule has 0 aliphatic heterocycles. The van der Waals surface area contributed by atoms with E-state index in [1.165, 1.54) is 16.5 Å². The van der Waals surface area contributed by atoms with Gasteiger partial charge in [0.15, 0.2) is 0 Å². The number of rotatable bonds is 3. The highest BCUT2D eigenvalue weighted by Gasteiger charge is 2.29. The quantitative estimate of drug-likeness (QED) is 0.738. The van der Waals surface area contributed by atoms with Gasteiger partial charge in [0.2, 0.25) is 0 Å². The predicted octanol–water partition coefficient (Wildman–Crippen LogP) is 4.28. The Balaban J connectivity index is 2.22. The van der Waals surface area contributed by atoms with E-state index in [-0.39, 0.29) is 5.41 Å². The average Bonchev–Trinajstić information content (AvgIpc) is 2.92. The van der Waals surface area contributed by atoms with Crippen molar-refractivity contribution < 1.29 is 0 Å². The number of benzene rings is 1. The third-order valence-corrected chi connectivity index (χ3v) is 4.20. The molecule has 0 spiro atoms. The van der Waals surface area contributed by atoms with Gasteiger partial charge in [-0.3, -0.25) is 4.98 Å². The number of nitrogens with zero attached hydrogens (tertiary/aromatic N) is 1. The fraction of sp³-hybridized carbons (Fsp3) is 0.235. The molecular formula is C17H18N2. The van der Waals surface area contributed by atoms with Gasteiger partial charge in [-0.15, -0.1) is 0 Å². The van der Waals surface area contributed by atoms with Crippen LogP contribution in [0.4, 0.5) is 0 Å². The number of aromatic amines is 1. The monoisotopic (exact) mass is 250 g/mol. The Morgan fingerprint density at radius 1 is 1.16 bits per heavy atom. The Morgan fingerprint density at radius 2 is 1.95 bits per heavy atom. The van der Waals surface area contributed by atoms with Gasteiger partial charge >= 0.3 is 0 Å². The molecule has 0 radical (unpaired) electrons. The summed E-state index contributed by atoms with van der Waals surface area (Å²) in [5.74, 6) is 0. The molecule has 2 aromatic heterocycles. The normalized spacial score (nSPS) is 14.4. The molecule has 2 nitrogen and oxygen atoms in total. The summed E-state index contributed by atoms with van der Waals surface area (Å²) < 4.78 is 0. The molecule has 0 fully saturated rings. The highest BCUT2D eigenvalue weighted by Crippen LogP contribution is 2.38. The van der Waals surface area contributed by atoms with E-state index in [4.69, 9.17) is 0 Å². The van der Waals surface area contributed by atoms with E-state index in [1.807, 2.05) is 12.4 Å². The summed E-state index contributed by atoms with van der Waals surface area (Å²) in [7, 11) is 0. The molecule has 1 atom stereocenters. The fourth-order valence-corrected chi connectivity index (χ4v) is 2.78. The second-order valence-corrected chi connectivity index (χ2v) is 5.18. The van der Waals surface area contributed by atoms with E-state index in [0.717, 1.165) is 11.9 Å². The minimum atomic E-state index is 0.0286. The lowest BCUT2D eigenvalue weighted by molar-refractivity contribution is 0.554. The van der Waals surface area contributed by atoms with E-state index in [0.29, 0.717) is 0 Å². The summed E-state index contributed by atoms with van der Waals surface area (Å²) in [6.45, 7) is 4.55. The molecule has 1 N–H and O–H groups in total. The fourth-order valence-electron chi connectivity index (χ4n) is 2.78. The topological polar surface area (TPSA) is 28.7 Å². The summed E-state index contributed by atoms with van der Waals surface area (Å²) in [6, 6.07) is 12.8. The zero-order valence-electron chi connectivity index (χ0n) is 11.4. The summed E-state index contributed by atoms with van der Waals surface area (Å²) >= 11 is 0. The standard InChI is InChI=1S/C17H18N2/c1-3-17(2,13-7-5-4-6-8-13)15-11-19-16-12-18-10-9-14(15)16/h4-12,19H,3H2,1-2H3. The molecule has 3 aromatic rings. The molecule has 3 rings (SSSR count). The maximum atomic E-state index is 4.18. The van der Waals surface area contributed by atoms with Gasteiger partial charge in [-0.1, -0.05) is 44.2 Å². The first kappa shape index (κ1) is 12.0. The molecule has 0 aliphatic rings. The van der Waals surface area contributed by atoms with Crippen LogP contribution in [-0.4, -0.2) is 9.97 Å². The lowest BCUT2D eigenvalue weighted by Gasteiger charge is -2.29. The van der Waals surface area contributed by atoms with E-state index >= 15 is 0 Å². The molecule has 0 bridgehead atoms. The summed E-state index contributed by atoms with van der Waals surface area (Å²) in [4.78, 5) is 7.51. The summed E-state index contributed by atoms with van der Waals surface area (Å²) in [5, 5.41) is 1.27. The van der Waals surface area contributed by atoms with E-state index in [9.17, 15) is 0 Å². The van der Waals surface area contributed by atoms with Crippen LogP contribution in [0.3, 0.4) is 0 Å². The van der Waals surface area contributed by atoms with Crippen LogP contribution in [0.1, 0.15) is 31.4 Å². The number of fused-ring (bicyclic) bond motifs is 1. The van der Waals surface area contributed by atoms with E-state index in [1.54, 1.807) is 0 Å². The molecule has 0 saturated heterocycles. The van der Waals surface area contributed by atoms with Crippen molar-refractivity contribution in [3.05, 3.63) is 66.1 Å². The minimum Gasteiger partial charge on any atom is -0.360 e. The van der Waals surface area contributed by atoms with Crippen molar-refractivity contribution in [2.45, 2.75) is 25.7 Å². The van der Waals surface area contributed by atoms with Crippen molar-refractivity contribution in [3.8, 4) is 0 Å². The largest absolute Gasteiger partial charge is 0.360 e. The molecule has 1 aromatic carbocycles. The van der Waals surface area contributed by atoms with Crippen LogP contribution in [0, 0.1) is 0 Å². The van der Waals surface area contributed by atoms with Crippen LogP contribution in [0.15, 0.2) is 55.0 Å². The van der Waals surface area contributed by atoms with Crippen LogP contribution < -0.4 is 0 Å². The van der Waals surface area contributed by atoms with Crippen molar-refractivity contribution in [1.29, 1.82) is 0 Å². The van der Waals surface area contributed by atoms with Gasteiger partial charge in [-0.05, 0) is 23.6 Å². The van der Waals surface area contributed by atoms with Gasteiger partial charge < -0.3 is 4.98 Å². The van der Waals surface area contributed by atoms with Crippen LogP contribution in [-0.2, 0) is 5.41 Å². The smallest absolute Gasteiger partial charge is 0.0643 e. The molecule has 96 valence electrons. The first-order chi connectivity index (χ1) is 9.25. The van der Waals surface area contributed by atoms with Gasteiger partial charge in [0.05, 0.1) is 11.7 Å². The zero-order valence-corrected chi connectivity index (χ0v) is 11.4. The lowest BCUT2D eigenvalue weighted by atomic mass is 9.74. The van der Waals surface area contributed by atoms with Crippen LogP contribution in [0.2, 0.25) is 0 Å². The van der Waals surface area contributed by atoms with Crippen LogP contribution >= 0.6 is 0 Å². The third-order valence-electron chi connectivity index (χ3n) is 4.20. The van der Waals surface area contributed by atoms with Gasteiger partial charge in [-0.2, -0.15) is 0 Å². The van der Waals surface area contributed by atoms with Crippen molar-refractivity contribution >= 4 is 10.9 Å². The number of hydrogen-bond acceptors (Lipinski definition) is 1. The van der Waals surface area contributed by atoms with Crippen molar-refractivity contribution in [3.63, 3.8) is 0 Å². The Bertz CT molecular complexity index is 685. The Morgan fingerprint density at radius 3 is 2.68 bits per heavy atom. The second kappa shape index (κ2) is 4.54. The predicted molar refractivity (Wildman–Crippen MR) is 79.3 cm³/mol. The Kier molecular flexibility index (Phi) is 2.86. The summed E-state index contributed by atoms with van der Waals surface area (Å²) in [5.41, 5.74) is 3.84. The maximum absolute atomic E-state index is 4.18. The highest BCUT2D eigenvalue weighted by atomic mass is 14.7. The molecule has 19 heavy (non-hydrogen) atoms. The molecular weight excluding hydrogens is 232 g/mol. The zero-order chi connectivity index (χ0) is 13.3. The SMILES string of the molecule is CCC(C)(c1ccccc1)c1c[nH]c2cnccc12. The second-order valence-electron chi connectivity index (χ2n) is 5.18. The number of aromatic nitrogens is 2. The Hall–Kier alpha value is -2.09. The van der Waals surface area contributed by atoms with Crippen molar-refractivity contribution in [2.75, 3.05) is 0 Å². The van der Waals surface area contributed by atoms with Crippen molar-refractivity contribution in [1.82, 2.24) is 9.97 Å². The molecule has 2 heteroatoms. The number of hydrogen-bond donors (Lipinski definition) is 1. The van der Waals surface area contributed by atoms with Gasteiger partial charge in [0.25, 0.3) is 0 Å². The minimum absolute atomic E-state index is 0.0286. The van der Waals surface area contributed by atoms with Crippen LogP contribution in [0.25, 0.3) is 10.9 Å². The summed E-state index contributed by atoms with van der Waals surface area (Å²) in [6.07, 6.45) is 6.94. The average molecular weight is 250 g/mol. The molecule has 0 amide bonds. The number of nitrogens with one attached hydrogen (secondary N) is 1. The Labute approximate surface area is 113 Å². The molecule has 0 aliphatic carbocycles. The van der Waals surface area contributed by atoms with Gasteiger partial charge in [-0.25, -0.2) is 0 Å². The first-order valence-corrected chi connectivity index (χ1v) is 6.73. The molecule has 0 saturated carbocycles. The van der Waals surface area contributed by atoms with Gasteiger partial charge in [0.1, 0.15) is 0 Å². The number of H-pyrrole nitrogens is 1.